The number of benzene rings is 1. The van der Waals surface area contributed by atoms with Crippen molar-refractivity contribution in [2.75, 3.05) is 7.11 Å². The number of rotatable bonds is 3. The van der Waals surface area contributed by atoms with Crippen LogP contribution in [0.2, 0.25) is 0 Å². The second-order valence-corrected chi connectivity index (χ2v) is 6.93. The lowest BCUT2D eigenvalue weighted by Gasteiger charge is -2.12. The molecule has 1 unspecified atom stereocenters. The number of imidazole rings is 1. The topological polar surface area (TPSA) is 57.9 Å². The van der Waals surface area contributed by atoms with Gasteiger partial charge in [0.05, 0.1) is 27.8 Å². The van der Waals surface area contributed by atoms with E-state index in [1.165, 1.54) is 0 Å². The van der Waals surface area contributed by atoms with Crippen LogP contribution in [0.3, 0.4) is 0 Å². The summed E-state index contributed by atoms with van der Waals surface area (Å²) >= 11 is 8.89. The molecule has 1 aromatic carbocycles. The molecule has 0 aliphatic heterocycles. The predicted molar refractivity (Wildman–Crippen MR) is 88.3 cm³/mol. The number of ether oxygens (including phenoxy) is 1. The molecule has 0 aliphatic carbocycles. The first kappa shape index (κ1) is 13.9. The molecule has 3 rings (SSSR count). The summed E-state index contributed by atoms with van der Waals surface area (Å²) < 4.78 is 6.29. The number of nitrogens with one attached hydrogen (secondary N) is 2. The van der Waals surface area contributed by atoms with Crippen molar-refractivity contribution in [2.24, 2.45) is 0 Å². The highest BCUT2D eigenvalue weighted by molar-refractivity contribution is 9.11. The van der Waals surface area contributed by atoms with Crippen LogP contribution in [0, 0.1) is 0 Å². The molecular formula is C13H10Br2N2O2S. The van der Waals surface area contributed by atoms with Gasteiger partial charge in [0.15, 0.2) is 0 Å². The summed E-state index contributed by atoms with van der Waals surface area (Å²) in [5, 5.41) is 1.99. The number of aromatic amines is 2. The van der Waals surface area contributed by atoms with Crippen molar-refractivity contribution in [1.82, 2.24) is 9.97 Å². The van der Waals surface area contributed by atoms with E-state index in [0.29, 0.717) is 0 Å². The van der Waals surface area contributed by atoms with Crippen molar-refractivity contribution in [3.05, 3.63) is 49.0 Å². The SMILES string of the molecule is COc1ccsc1C(Br)c1cc2[nH]c(=O)[nH]c2cc1Br. The average Bonchev–Trinajstić information content (AvgIpc) is 3.01. The fourth-order valence-corrected chi connectivity index (χ4v) is 4.73. The van der Waals surface area contributed by atoms with Crippen molar-refractivity contribution >= 4 is 54.2 Å². The molecule has 0 aliphatic rings. The number of fused-ring (bicyclic) bond motifs is 1. The van der Waals surface area contributed by atoms with Gasteiger partial charge in [0, 0.05) is 4.47 Å². The lowest BCUT2D eigenvalue weighted by atomic mass is 10.1. The van der Waals surface area contributed by atoms with Crippen LogP contribution in [-0.4, -0.2) is 17.1 Å². The molecule has 7 heteroatoms. The van der Waals surface area contributed by atoms with Gasteiger partial charge in [-0.15, -0.1) is 11.3 Å². The quantitative estimate of drug-likeness (QED) is 0.628. The molecule has 1 atom stereocenters. The van der Waals surface area contributed by atoms with Gasteiger partial charge in [-0.3, -0.25) is 0 Å². The monoisotopic (exact) mass is 416 g/mol. The Morgan fingerprint density at radius 1 is 1.30 bits per heavy atom. The Morgan fingerprint density at radius 2 is 2.00 bits per heavy atom. The largest absolute Gasteiger partial charge is 0.496 e. The average molecular weight is 418 g/mol. The first-order valence-corrected chi connectivity index (χ1v) is 8.36. The molecule has 2 heterocycles. The van der Waals surface area contributed by atoms with Gasteiger partial charge in [-0.2, -0.15) is 0 Å². The minimum absolute atomic E-state index is 0.00497. The number of halogens is 2. The van der Waals surface area contributed by atoms with Crippen molar-refractivity contribution < 1.29 is 4.74 Å². The standard InChI is InChI=1S/C13H10Br2N2O2S/c1-19-10-2-3-20-12(10)11(15)6-4-8-9(5-7(6)14)17-13(18)16-8/h2-5,11H,1H3,(H2,16,17,18). The maximum atomic E-state index is 11.4. The number of hydrogen-bond acceptors (Lipinski definition) is 3. The molecule has 104 valence electrons. The zero-order valence-corrected chi connectivity index (χ0v) is 14.4. The molecule has 0 saturated carbocycles. The number of thiophene rings is 1. The Hall–Kier alpha value is -1.05. The minimum atomic E-state index is -0.205. The third kappa shape index (κ3) is 2.34. The second kappa shape index (κ2) is 5.38. The van der Waals surface area contributed by atoms with Crippen LogP contribution in [0.5, 0.6) is 5.75 Å². The van der Waals surface area contributed by atoms with E-state index < -0.39 is 0 Å². The smallest absolute Gasteiger partial charge is 0.323 e. The molecule has 2 N–H and O–H groups in total. The molecule has 3 aromatic rings. The van der Waals surface area contributed by atoms with E-state index in [1.807, 2.05) is 23.6 Å². The highest BCUT2D eigenvalue weighted by Gasteiger charge is 2.20. The Bertz CT molecular complexity index is 821. The number of H-pyrrole nitrogens is 2. The zero-order valence-electron chi connectivity index (χ0n) is 10.4. The maximum Gasteiger partial charge on any atom is 0.323 e. The summed E-state index contributed by atoms with van der Waals surface area (Å²) in [4.78, 5) is 18.0. The summed E-state index contributed by atoms with van der Waals surface area (Å²) in [5.74, 6) is 0.853. The van der Waals surface area contributed by atoms with E-state index in [1.54, 1.807) is 18.4 Å². The number of methoxy groups -OCH3 is 1. The van der Waals surface area contributed by atoms with Crippen LogP contribution >= 0.6 is 43.2 Å². The summed E-state index contributed by atoms with van der Waals surface area (Å²) in [6.07, 6.45) is 0. The van der Waals surface area contributed by atoms with E-state index in [-0.39, 0.29) is 10.5 Å². The third-order valence-corrected chi connectivity index (χ3v) is 5.92. The van der Waals surface area contributed by atoms with Crippen molar-refractivity contribution in [2.45, 2.75) is 4.83 Å². The van der Waals surface area contributed by atoms with Gasteiger partial charge in [0.1, 0.15) is 5.75 Å². The Labute approximate surface area is 135 Å². The lowest BCUT2D eigenvalue weighted by Crippen LogP contribution is -1.99. The lowest BCUT2D eigenvalue weighted by molar-refractivity contribution is 0.413. The highest BCUT2D eigenvalue weighted by Crippen LogP contribution is 2.43. The minimum Gasteiger partial charge on any atom is -0.496 e. The molecule has 0 saturated heterocycles. The number of hydrogen-bond donors (Lipinski definition) is 2. The van der Waals surface area contributed by atoms with Gasteiger partial charge in [-0.05, 0) is 29.1 Å². The van der Waals surface area contributed by atoms with Gasteiger partial charge in [0.2, 0.25) is 0 Å². The van der Waals surface area contributed by atoms with E-state index >= 15 is 0 Å². The molecule has 4 nitrogen and oxygen atoms in total. The first-order chi connectivity index (χ1) is 9.60. The van der Waals surface area contributed by atoms with Gasteiger partial charge < -0.3 is 14.7 Å². The summed E-state index contributed by atoms with van der Waals surface area (Å²) in [6, 6.07) is 5.80. The van der Waals surface area contributed by atoms with E-state index in [9.17, 15) is 4.79 Å². The molecule has 20 heavy (non-hydrogen) atoms. The fourth-order valence-electron chi connectivity index (χ4n) is 2.07. The second-order valence-electron chi connectivity index (χ2n) is 4.21. The van der Waals surface area contributed by atoms with Gasteiger partial charge in [-0.1, -0.05) is 31.9 Å². The van der Waals surface area contributed by atoms with E-state index in [0.717, 1.165) is 31.7 Å². The van der Waals surface area contributed by atoms with Crippen LogP contribution in [0.25, 0.3) is 11.0 Å². The third-order valence-electron chi connectivity index (χ3n) is 3.01. The van der Waals surface area contributed by atoms with Crippen molar-refractivity contribution in [3.8, 4) is 5.75 Å². The van der Waals surface area contributed by atoms with Crippen LogP contribution in [0.15, 0.2) is 32.8 Å². The zero-order chi connectivity index (χ0) is 14.3. The molecule has 2 aromatic heterocycles. The van der Waals surface area contributed by atoms with Crippen LogP contribution in [0.4, 0.5) is 0 Å². The molecule has 0 bridgehead atoms. The molecular weight excluding hydrogens is 408 g/mol. The van der Waals surface area contributed by atoms with Crippen LogP contribution < -0.4 is 10.4 Å². The highest BCUT2D eigenvalue weighted by atomic mass is 79.9. The molecule has 0 spiro atoms. The summed E-state index contributed by atoms with van der Waals surface area (Å²) in [6.45, 7) is 0. The van der Waals surface area contributed by atoms with Crippen molar-refractivity contribution in [3.63, 3.8) is 0 Å². The Balaban J connectivity index is 2.13. The summed E-state index contributed by atoms with van der Waals surface area (Å²) in [7, 11) is 1.66. The van der Waals surface area contributed by atoms with Crippen LogP contribution in [0.1, 0.15) is 15.3 Å². The summed E-state index contributed by atoms with van der Waals surface area (Å²) in [5.41, 5.74) is 2.40. The molecule has 0 amide bonds. The number of alkyl halides is 1. The maximum absolute atomic E-state index is 11.4. The fraction of sp³-hybridized carbons (Fsp3) is 0.154. The normalized spacial score (nSPS) is 12.8. The Morgan fingerprint density at radius 3 is 2.70 bits per heavy atom. The molecule has 0 radical (unpaired) electrons. The Kier molecular flexibility index (Phi) is 3.74. The molecule has 0 fully saturated rings. The first-order valence-electron chi connectivity index (χ1n) is 5.77. The predicted octanol–water partition coefficient (Wildman–Crippen LogP) is 4.17. The van der Waals surface area contributed by atoms with Gasteiger partial charge in [-0.25, -0.2) is 4.79 Å². The van der Waals surface area contributed by atoms with Gasteiger partial charge in [0.25, 0.3) is 0 Å². The van der Waals surface area contributed by atoms with E-state index in [4.69, 9.17) is 4.74 Å². The van der Waals surface area contributed by atoms with Gasteiger partial charge >= 0.3 is 5.69 Å². The number of aromatic nitrogens is 2. The van der Waals surface area contributed by atoms with E-state index in [2.05, 4.69) is 41.8 Å². The van der Waals surface area contributed by atoms with Crippen molar-refractivity contribution in [1.29, 1.82) is 0 Å². The van der Waals surface area contributed by atoms with Crippen LogP contribution in [-0.2, 0) is 0 Å².